The number of nitrogens with one attached hydrogen (secondary N) is 1. The minimum absolute atomic E-state index is 0.0297. The van der Waals surface area contributed by atoms with Gasteiger partial charge in [0.1, 0.15) is 6.26 Å². The molecule has 0 bridgehead atoms. The summed E-state index contributed by atoms with van der Waals surface area (Å²) in [6.07, 6.45) is 1.92. The second-order valence-corrected chi connectivity index (χ2v) is 4.85. The number of benzene rings is 1. The van der Waals surface area contributed by atoms with E-state index in [2.05, 4.69) is 26.2 Å². The summed E-state index contributed by atoms with van der Waals surface area (Å²) in [6.45, 7) is 2.17. The Morgan fingerprint density at radius 2 is 2.11 bits per heavy atom. The fourth-order valence-electron chi connectivity index (χ4n) is 1.53. The zero-order valence-electron chi connectivity index (χ0n) is 9.94. The average Bonchev–Trinajstić information content (AvgIpc) is 2.76. The Hall–Kier alpha value is -1.62. The number of nitrogens with zero attached hydrogens (tertiary/aromatic N) is 1. The molecule has 1 amide bonds. The third-order valence-corrected chi connectivity index (χ3v) is 2.94. The third-order valence-electron chi connectivity index (χ3n) is 2.41. The average molecular weight is 309 g/mol. The lowest BCUT2D eigenvalue weighted by Gasteiger charge is -2.03. The van der Waals surface area contributed by atoms with Crippen LogP contribution in [0.3, 0.4) is 0 Å². The highest BCUT2D eigenvalue weighted by Gasteiger charge is 2.05. The zero-order valence-corrected chi connectivity index (χ0v) is 11.5. The maximum Gasteiger partial charge on any atom is 0.224 e. The third kappa shape index (κ3) is 3.70. The van der Waals surface area contributed by atoms with E-state index in [1.54, 1.807) is 13.2 Å². The fraction of sp³-hybridized carbons (Fsp3) is 0.231. The molecule has 94 valence electrons. The van der Waals surface area contributed by atoms with Crippen LogP contribution in [0, 0.1) is 6.92 Å². The van der Waals surface area contributed by atoms with Gasteiger partial charge in [-0.05, 0) is 17.7 Å². The smallest absolute Gasteiger partial charge is 0.224 e. The van der Waals surface area contributed by atoms with E-state index >= 15 is 0 Å². The summed E-state index contributed by atoms with van der Waals surface area (Å²) in [5.74, 6) is 0.574. The van der Waals surface area contributed by atoms with E-state index in [0.29, 0.717) is 18.9 Å². The number of aryl methyl sites for hydroxylation is 1. The van der Waals surface area contributed by atoms with Crippen molar-refractivity contribution in [2.45, 2.75) is 19.9 Å². The Bertz CT molecular complexity index is 534. The zero-order chi connectivity index (χ0) is 13.0. The van der Waals surface area contributed by atoms with Crippen molar-refractivity contribution in [2.75, 3.05) is 0 Å². The fourth-order valence-corrected chi connectivity index (χ4v) is 1.79. The molecule has 1 aromatic carbocycles. The summed E-state index contributed by atoms with van der Waals surface area (Å²) in [7, 11) is 0. The number of aromatic nitrogens is 1. The van der Waals surface area contributed by atoms with Crippen molar-refractivity contribution in [2.24, 2.45) is 0 Å². The molecule has 0 saturated carbocycles. The maximum absolute atomic E-state index is 11.7. The molecule has 0 spiro atoms. The first kappa shape index (κ1) is 12.8. The Morgan fingerprint density at radius 1 is 1.39 bits per heavy atom. The van der Waals surface area contributed by atoms with E-state index in [4.69, 9.17) is 4.42 Å². The van der Waals surface area contributed by atoms with E-state index < -0.39 is 0 Å². The monoisotopic (exact) mass is 308 g/mol. The molecular formula is C13H13BrN2O2. The Morgan fingerprint density at radius 3 is 2.72 bits per heavy atom. The molecule has 0 radical (unpaired) electrons. The Labute approximate surface area is 114 Å². The quantitative estimate of drug-likeness (QED) is 0.944. The molecule has 0 saturated heterocycles. The number of hydrogen-bond acceptors (Lipinski definition) is 3. The van der Waals surface area contributed by atoms with Gasteiger partial charge in [0.05, 0.1) is 18.7 Å². The van der Waals surface area contributed by atoms with Crippen LogP contribution in [0.1, 0.15) is 17.1 Å². The van der Waals surface area contributed by atoms with Crippen LogP contribution in [-0.4, -0.2) is 10.9 Å². The van der Waals surface area contributed by atoms with Gasteiger partial charge >= 0.3 is 0 Å². The molecule has 0 fully saturated rings. The first-order chi connectivity index (χ1) is 8.63. The normalized spacial score (nSPS) is 10.3. The lowest BCUT2D eigenvalue weighted by atomic mass is 10.1. The van der Waals surface area contributed by atoms with Crippen LogP contribution >= 0.6 is 15.9 Å². The largest absolute Gasteiger partial charge is 0.449 e. The molecule has 5 heteroatoms. The van der Waals surface area contributed by atoms with Gasteiger partial charge in [0.25, 0.3) is 0 Å². The van der Waals surface area contributed by atoms with E-state index in [0.717, 1.165) is 15.7 Å². The molecule has 2 rings (SSSR count). The molecule has 2 aromatic rings. The van der Waals surface area contributed by atoms with Gasteiger partial charge in [0.2, 0.25) is 5.91 Å². The van der Waals surface area contributed by atoms with E-state index in [1.807, 2.05) is 24.3 Å². The molecule has 0 aliphatic carbocycles. The molecule has 4 nitrogen and oxygen atoms in total. The molecule has 1 N–H and O–H groups in total. The van der Waals surface area contributed by atoms with Crippen LogP contribution in [0.5, 0.6) is 0 Å². The van der Waals surface area contributed by atoms with Crippen LogP contribution in [0.15, 0.2) is 39.4 Å². The second-order valence-electron chi connectivity index (χ2n) is 3.94. The van der Waals surface area contributed by atoms with Crippen molar-refractivity contribution < 1.29 is 9.21 Å². The van der Waals surface area contributed by atoms with Crippen LogP contribution in [0.2, 0.25) is 0 Å². The van der Waals surface area contributed by atoms with Crippen LogP contribution in [0.4, 0.5) is 0 Å². The molecule has 1 aromatic heterocycles. The van der Waals surface area contributed by atoms with E-state index in [1.165, 1.54) is 0 Å². The summed E-state index contributed by atoms with van der Waals surface area (Å²) in [5, 5.41) is 2.80. The summed E-state index contributed by atoms with van der Waals surface area (Å²) in [5.41, 5.74) is 1.71. The minimum atomic E-state index is -0.0297. The summed E-state index contributed by atoms with van der Waals surface area (Å²) >= 11 is 3.36. The van der Waals surface area contributed by atoms with Gasteiger partial charge in [-0.2, -0.15) is 0 Å². The number of carbonyl (C=O) groups is 1. The van der Waals surface area contributed by atoms with Crippen LogP contribution < -0.4 is 5.32 Å². The molecule has 18 heavy (non-hydrogen) atoms. The van der Waals surface area contributed by atoms with Crippen molar-refractivity contribution in [1.29, 1.82) is 0 Å². The first-order valence-corrected chi connectivity index (χ1v) is 6.35. The van der Waals surface area contributed by atoms with Crippen molar-refractivity contribution in [3.8, 4) is 0 Å². The van der Waals surface area contributed by atoms with Crippen LogP contribution in [-0.2, 0) is 17.8 Å². The first-order valence-electron chi connectivity index (χ1n) is 5.55. The van der Waals surface area contributed by atoms with Crippen molar-refractivity contribution >= 4 is 21.8 Å². The van der Waals surface area contributed by atoms with E-state index in [9.17, 15) is 4.79 Å². The summed E-state index contributed by atoms with van der Waals surface area (Å²) < 4.78 is 6.06. The topological polar surface area (TPSA) is 55.1 Å². The molecule has 1 heterocycles. The lowest BCUT2D eigenvalue weighted by Crippen LogP contribution is -2.24. The number of carbonyl (C=O) groups excluding carboxylic acids is 1. The van der Waals surface area contributed by atoms with Gasteiger partial charge in [-0.1, -0.05) is 28.1 Å². The number of amides is 1. The highest BCUT2D eigenvalue weighted by Crippen LogP contribution is 2.10. The Balaban J connectivity index is 1.83. The summed E-state index contributed by atoms with van der Waals surface area (Å²) in [4.78, 5) is 15.8. The van der Waals surface area contributed by atoms with Gasteiger partial charge in [-0.15, -0.1) is 0 Å². The highest BCUT2D eigenvalue weighted by molar-refractivity contribution is 9.10. The minimum Gasteiger partial charge on any atom is -0.449 e. The van der Waals surface area contributed by atoms with Gasteiger partial charge in [-0.25, -0.2) is 4.98 Å². The van der Waals surface area contributed by atoms with Crippen molar-refractivity contribution in [3.63, 3.8) is 0 Å². The SMILES string of the molecule is Cc1nc(CNC(=O)Cc2ccc(Br)cc2)co1. The predicted octanol–water partition coefficient (Wildman–Crippen LogP) is 2.60. The molecular weight excluding hydrogens is 296 g/mol. The Kier molecular flexibility index (Phi) is 4.15. The van der Waals surface area contributed by atoms with E-state index in [-0.39, 0.29) is 5.91 Å². The van der Waals surface area contributed by atoms with Gasteiger partial charge in [0, 0.05) is 11.4 Å². The van der Waals surface area contributed by atoms with Gasteiger partial charge in [0.15, 0.2) is 5.89 Å². The second kappa shape index (κ2) is 5.82. The maximum atomic E-state index is 11.7. The highest BCUT2D eigenvalue weighted by atomic mass is 79.9. The standard InChI is InChI=1S/C13H13BrN2O2/c1-9-16-12(8-18-9)7-15-13(17)6-10-2-4-11(14)5-3-10/h2-5,8H,6-7H2,1H3,(H,15,17). The number of halogens is 1. The number of hydrogen-bond donors (Lipinski definition) is 1. The van der Waals surface area contributed by atoms with Gasteiger partial charge < -0.3 is 9.73 Å². The summed E-state index contributed by atoms with van der Waals surface area (Å²) in [6, 6.07) is 7.68. The van der Waals surface area contributed by atoms with Crippen molar-refractivity contribution in [1.82, 2.24) is 10.3 Å². The predicted molar refractivity (Wildman–Crippen MR) is 70.9 cm³/mol. The van der Waals surface area contributed by atoms with Gasteiger partial charge in [-0.3, -0.25) is 4.79 Å². The molecule has 0 aliphatic rings. The van der Waals surface area contributed by atoms with Crippen LogP contribution in [0.25, 0.3) is 0 Å². The number of oxazole rings is 1. The lowest BCUT2D eigenvalue weighted by molar-refractivity contribution is -0.120. The van der Waals surface area contributed by atoms with Crippen molar-refractivity contribution in [3.05, 3.63) is 52.1 Å². The number of rotatable bonds is 4. The molecule has 0 aliphatic heterocycles. The molecule has 0 atom stereocenters. The molecule has 0 unspecified atom stereocenters.